The normalized spacial score (nSPS) is 18.8. The van der Waals surface area contributed by atoms with E-state index in [2.05, 4.69) is 144 Å². The smallest absolute Gasteiger partial charge is 0.186 e. The Bertz CT molecular complexity index is 1720. The quantitative estimate of drug-likeness (QED) is 0.264. The van der Waals surface area contributed by atoms with E-state index in [0.29, 0.717) is 0 Å². The second kappa shape index (κ2) is 9.36. The molecule has 44 heavy (non-hydrogen) atoms. The molecule has 2 aromatic rings. The highest BCUT2D eigenvalue weighted by atomic mass is 16.1. The minimum Gasteiger partial charge on any atom is -0.289 e. The fourth-order valence-corrected chi connectivity index (χ4v) is 7.07. The molecule has 0 bridgehead atoms. The van der Waals surface area contributed by atoms with E-state index >= 15 is 0 Å². The fraction of sp³-hybridized carbons (Fsp3) is 0.381. The largest absolute Gasteiger partial charge is 0.289 e. The maximum Gasteiger partial charge on any atom is 0.186 e. The van der Waals surface area contributed by atoms with Gasteiger partial charge in [0.2, 0.25) is 0 Å². The molecule has 0 saturated carbocycles. The predicted molar refractivity (Wildman–Crippen MR) is 187 cm³/mol. The summed E-state index contributed by atoms with van der Waals surface area (Å²) in [4.78, 5) is 28.0. The Labute approximate surface area is 263 Å². The van der Waals surface area contributed by atoms with Crippen LogP contribution < -0.4 is 0 Å². The molecule has 226 valence electrons. The number of ketones is 2. The predicted octanol–water partition coefficient (Wildman–Crippen LogP) is 10.9. The second-order valence-corrected chi connectivity index (χ2v) is 17.0. The fourth-order valence-electron chi connectivity index (χ4n) is 7.07. The van der Waals surface area contributed by atoms with Gasteiger partial charge in [0, 0.05) is 22.3 Å². The summed E-state index contributed by atoms with van der Waals surface area (Å²) in [5.74, 6) is 0.272. The molecular formula is C42H46O2. The molecule has 2 nitrogen and oxygen atoms in total. The van der Waals surface area contributed by atoms with Gasteiger partial charge in [-0.05, 0) is 101 Å². The maximum atomic E-state index is 14.0. The second-order valence-electron chi connectivity index (χ2n) is 17.0. The van der Waals surface area contributed by atoms with Crippen molar-refractivity contribution in [2.45, 2.75) is 83.1 Å². The van der Waals surface area contributed by atoms with Crippen molar-refractivity contribution in [3.8, 4) is 0 Å². The van der Waals surface area contributed by atoms with Gasteiger partial charge in [0.05, 0.1) is 0 Å². The van der Waals surface area contributed by atoms with Gasteiger partial charge in [0.1, 0.15) is 0 Å². The van der Waals surface area contributed by atoms with E-state index in [9.17, 15) is 9.59 Å². The number of carbonyl (C=O) groups is 2. The third-order valence-electron chi connectivity index (χ3n) is 9.44. The first-order valence-corrected chi connectivity index (χ1v) is 15.9. The van der Waals surface area contributed by atoms with Crippen LogP contribution in [0.2, 0.25) is 0 Å². The Morgan fingerprint density at radius 1 is 0.409 bits per heavy atom. The maximum absolute atomic E-state index is 14.0. The summed E-state index contributed by atoms with van der Waals surface area (Å²) in [6.45, 7) is 25.6. The highest BCUT2D eigenvalue weighted by molar-refractivity contribution is 6.29. The minimum absolute atomic E-state index is 0.136. The molecule has 0 spiro atoms. The van der Waals surface area contributed by atoms with E-state index in [0.717, 1.165) is 44.6 Å². The third kappa shape index (κ3) is 4.61. The molecule has 0 amide bonds. The topological polar surface area (TPSA) is 34.1 Å². The molecular weight excluding hydrogens is 536 g/mol. The van der Waals surface area contributed by atoms with Gasteiger partial charge in [0.25, 0.3) is 0 Å². The lowest BCUT2D eigenvalue weighted by Crippen LogP contribution is -2.28. The zero-order valence-corrected chi connectivity index (χ0v) is 28.6. The number of carbonyl (C=O) groups excluding carboxylic acids is 2. The van der Waals surface area contributed by atoms with Crippen LogP contribution in [0.4, 0.5) is 0 Å². The summed E-state index contributed by atoms with van der Waals surface area (Å²) >= 11 is 0. The lowest BCUT2D eigenvalue weighted by Gasteiger charge is -2.33. The zero-order valence-electron chi connectivity index (χ0n) is 28.6. The summed E-state index contributed by atoms with van der Waals surface area (Å²) in [6.07, 6.45) is 13.0. The van der Waals surface area contributed by atoms with Crippen LogP contribution in [-0.2, 0) is 9.59 Å². The molecule has 0 unspecified atom stereocenters. The molecule has 4 aliphatic carbocycles. The molecule has 4 aliphatic rings. The summed E-state index contributed by atoms with van der Waals surface area (Å²) in [5, 5.41) is 2.55. The highest BCUT2D eigenvalue weighted by Crippen LogP contribution is 2.54. The first-order valence-electron chi connectivity index (χ1n) is 15.9. The number of allylic oxidation sites excluding steroid dienone is 12. The number of rotatable bonds is 0. The van der Waals surface area contributed by atoms with Crippen LogP contribution in [0.3, 0.4) is 0 Å². The monoisotopic (exact) mass is 582 g/mol. The Balaban J connectivity index is 1.82. The Morgan fingerprint density at radius 3 is 0.977 bits per heavy atom. The highest BCUT2D eigenvalue weighted by Gasteiger charge is 2.39. The SMILES string of the molecule is CC(C)(C)C1=CC(=C2C(=C3C=C(C(C)(C)C)C(=O)C(C(C)(C)C)=C3)c3ccc4c5c(ccc2c35)C=C4)C=C(C(C)(C)C)C1=O. The van der Waals surface area contributed by atoms with Gasteiger partial charge in [-0.15, -0.1) is 0 Å². The molecule has 0 heterocycles. The van der Waals surface area contributed by atoms with Crippen molar-refractivity contribution in [3.63, 3.8) is 0 Å². The van der Waals surface area contributed by atoms with Crippen LogP contribution in [0.15, 0.2) is 82.0 Å². The zero-order chi connectivity index (χ0) is 32.3. The van der Waals surface area contributed by atoms with Gasteiger partial charge in [-0.1, -0.05) is 120 Å². The van der Waals surface area contributed by atoms with Crippen molar-refractivity contribution in [2.75, 3.05) is 0 Å². The van der Waals surface area contributed by atoms with Crippen molar-refractivity contribution >= 4 is 45.6 Å². The summed E-state index contributed by atoms with van der Waals surface area (Å²) in [5.41, 5.74) is 11.4. The molecule has 0 aliphatic heterocycles. The number of benzene rings is 2. The number of Topliss-reactive ketones (excluding diaryl/α,β-unsaturated/α-hetero) is 2. The summed E-state index contributed by atoms with van der Waals surface area (Å²) in [6, 6.07) is 8.99. The average Bonchev–Trinajstić information content (AvgIpc) is 3.44. The molecule has 6 rings (SSSR count). The third-order valence-corrected chi connectivity index (χ3v) is 9.44. The Morgan fingerprint density at radius 2 is 0.705 bits per heavy atom. The van der Waals surface area contributed by atoms with Crippen LogP contribution in [0.1, 0.15) is 105 Å². The van der Waals surface area contributed by atoms with Crippen molar-refractivity contribution in [1.29, 1.82) is 0 Å². The van der Waals surface area contributed by atoms with E-state index in [-0.39, 0.29) is 33.2 Å². The van der Waals surface area contributed by atoms with Gasteiger partial charge < -0.3 is 0 Å². The number of hydrogen-bond acceptors (Lipinski definition) is 2. The van der Waals surface area contributed by atoms with Crippen LogP contribution in [0.25, 0.3) is 34.1 Å². The molecule has 0 N–H and O–H groups in total. The van der Waals surface area contributed by atoms with Crippen molar-refractivity contribution in [3.05, 3.63) is 104 Å². The minimum atomic E-state index is -0.318. The molecule has 0 fully saturated rings. The Kier molecular flexibility index (Phi) is 6.44. The van der Waals surface area contributed by atoms with Crippen LogP contribution in [-0.4, -0.2) is 11.6 Å². The van der Waals surface area contributed by atoms with Crippen LogP contribution in [0, 0.1) is 21.7 Å². The molecule has 0 saturated heterocycles. The molecule has 0 atom stereocenters. The van der Waals surface area contributed by atoms with Gasteiger partial charge in [-0.3, -0.25) is 9.59 Å². The van der Waals surface area contributed by atoms with E-state index in [1.54, 1.807) is 0 Å². The average molecular weight is 583 g/mol. The van der Waals surface area contributed by atoms with Crippen molar-refractivity contribution in [2.24, 2.45) is 21.7 Å². The van der Waals surface area contributed by atoms with Gasteiger partial charge in [-0.25, -0.2) is 0 Å². The first kappa shape index (κ1) is 30.3. The molecule has 2 heteroatoms. The van der Waals surface area contributed by atoms with Crippen LogP contribution >= 0.6 is 0 Å². The summed E-state index contributed by atoms with van der Waals surface area (Å²) < 4.78 is 0. The Hall–Kier alpha value is -3.78. The number of hydrogen-bond donors (Lipinski definition) is 0. The first-order chi connectivity index (χ1) is 20.2. The van der Waals surface area contributed by atoms with Crippen molar-refractivity contribution in [1.82, 2.24) is 0 Å². The molecule has 2 aromatic carbocycles. The van der Waals surface area contributed by atoms with Gasteiger partial charge >= 0.3 is 0 Å². The molecule has 0 radical (unpaired) electrons. The van der Waals surface area contributed by atoms with Crippen LogP contribution in [0.5, 0.6) is 0 Å². The standard InChI is InChI=1S/C42H46O2/c1-39(2,3)29-19-25(20-30(37(29)43)40(4,5)6)34-27-17-15-23-13-14-24-16-18-28(36(27)33(23)24)35(34)26-21-31(41(7,8)9)38(44)32(22-26)42(10,11)12/h13-22H,1-12H3. The van der Waals surface area contributed by atoms with Gasteiger partial charge in [0.15, 0.2) is 11.6 Å². The van der Waals surface area contributed by atoms with E-state index in [1.807, 2.05) is 0 Å². The lowest BCUT2D eigenvalue weighted by molar-refractivity contribution is -0.114. The van der Waals surface area contributed by atoms with Crippen molar-refractivity contribution < 1.29 is 9.59 Å². The van der Waals surface area contributed by atoms with Gasteiger partial charge in [-0.2, -0.15) is 0 Å². The summed E-state index contributed by atoms with van der Waals surface area (Å²) in [7, 11) is 0. The van der Waals surface area contributed by atoms with E-state index < -0.39 is 0 Å². The van der Waals surface area contributed by atoms with E-state index in [1.165, 1.54) is 33.0 Å². The van der Waals surface area contributed by atoms with E-state index in [4.69, 9.17) is 0 Å². The lowest BCUT2D eigenvalue weighted by atomic mass is 9.70. The molecule has 0 aromatic heterocycles.